The summed E-state index contributed by atoms with van der Waals surface area (Å²) in [4.78, 5) is 14.8. The summed E-state index contributed by atoms with van der Waals surface area (Å²) in [6, 6.07) is 3.11. The van der Waals surface area contributed by atoms with Crippen LogP contribution in [0.5, 0.6) is 0 Å². The van der Waals surface area contributed by atoms with Crippen LogP contribution >= 0.6 is 23.8 Å². The fraction of sp³-hybridized carbons (Fsp3) is 0.385. The number of aliphatic imine (C=N–C) groups is 1. The van der Waals surface area contributed by atoms with E-state index in [1.165, 1.54) is 0 Å². The Morgan fingerprint density at radius 1 is 1.58 bits per heavy atom. The fourth-order valence-corrected chi connectivity index (χ4v) is 1.77. The zero-order chi connectivity index (χ0) is 14.6. The smallest absolute Gasteiger partial charge is 0.223 e. The number of primary amides is 1. The predicted octanol–water partition coefficient (Wildman–Crippen LogP) is 3.66. The van der Waals surface area contributed by atoms with Crippen LogP contribution in [0.25, 0.3) is 0 Å². The Hall–Kier alpha value is -1.29. The quantitative estimate of drug-likeness (QED) is 0.666. The molecule has 0 saturated heterocycles. The molecular formula is C13H14ClFN2OS. The molecule has 2 N–H and O–H groups in total. The first-order valence-electron chi connectivity index (χ1n) is 5.64. The Labute approximate surface area is 121 Å². The molecule has 0 radical (unpaired) electrons. The van der Waals surface area contributed by atoms with Gasteiger partial charge < -0.3 is 5.73 Å². The number of hydrogen-bond donors (Lipinski definition) is 1. The van der Waals surface area contributed by atoms with Crippen molar-refractivity contribution in [3.8, 4) is 0 Å². The second-order valence-corrected chi connectivity index (χ2v) is 5.41. The minimum atomic E-state index is -0.695. The Kier molecular flexibility index (Phi) is 5.18. The number of isothiocyanates is 1. The van der Waals surface area contributed by atoms with E-state index in [2.05, 4.69) is 22.4 Å². The molecule has 0 aliphatic heterocycles. The maximum Gasteiger partial charge on any atom is 0.223 e. The summed E-state index contributed by atoms with van der Waals surface area (Å²) in [6.45, 7) is 3.44. The number of nitrogens with zero attached hydrogens (tertiary/aromatic N) is 1. The molecule has 0 bridgehead atoms. The molecule has 19 heavy (non-hydrogen) atoms. The van der Waals surface area contributed by atoms with Crippen LogP contribution in [-0.2, 0) is 11.2 Å². The van der Waals surface area contributed by atoms with E-state index in [9.17, 15) is 9.18 Å². The second kappa shape index (κ2) is 6.24. The average Bonchev–Trinajstić information content (AvgIpc) is 2.33. The molecule has 0 unspecified atom stereocenters. The van der Waals surface area contributed by atoms with Crippen molar-refractivity contribution >= 4 is 40.6 Å². The van der Waals surface area contributed by atoms with E-state index < -0.39 is 17.1 Å². The van der Waals surface area contributed by atoms with Crippen LogP contribution in [0, 0.1) is 11.2 Å². The van der Waals surface area contributed by atoms with Crippen molar-refractivity contribution < 1.29 is 9.18 Å². The molecule has 0 saturated carbocycles. The van der Waals surface area contributed by atoms with E-state index in [1.807, 2.05) is 0 Å². The lowest BCUT2D eigenvalue weighted by atomic mass is 9.85. The molecule has 0 aliphatic rings. The molecule has 1 rings (SSSR count). The van der Waals surface area contributed by atoms with Gasteiger partial charge in [0.1, 0.15) is 5.69 Å². The molecule has 1 amide bonds. The molecule has 0 spiro atoms. The summed E-state index contributed by atoms with van der Waals surface area (Å²) >= 11 is 10.3. The summed E-state index contributed by atoms with van der Waals surface area (Å²) in [5.74, 6) is -0.955. The Morgan fingerprint density at radius 2 is 2.21 bits per heavy atom. The number of hydrogen-bond acceptors (Lipinski definition) is 3. The van der Waals surface area contributed by atoms with Gasteiger partial charge in [0, 0.05) is 5.41 Å². The third-order valence-corrected chi connectivity index (χ3v) is 3.39. The van der Waals surface area contributed by atoms with Crippen LogP contribution in [0.15, 0.2) is 17.1 Å². The lowest BCUT2D eigenvalue weighted by Gasteiger charge is -2.20. The number of aryl methyl sites for hydroxylation is 1. The summed E-state index contributed by atoms with van der Waals surface area (Å²) in [7, 11) is 0. The molecule has 0 aliphatic carbocycles. The Morgan fingerprint density at radius 3 is 2.74 bits per heavy atom. The molecule has 1 aromatic rings. The number of rotatable bonds is 5. The van der Waals surface area contributed by atoms with Crippen molar-refractivity contribution in [2.75, 3.05) is 0 Å². The van der Waals surface area contributed by atoms with Crippen LogP contribution in [0.4, 0.5) is 10.1 Å². The van der Waals surface area contributed by atoms with Gasteiger partial charge in [-0.3, -0.25) is 4.79 Å². The first-order chi connectivity index (χ1) is 8.79. The number of amides is 1. The van der Waals surface area contributed by atoms with Gasteiger partial charge in [-0.25, -0.2) is 4.39 Å². The number of thiocarbonyl (C=S) groups is 1. The topological polar surface area (TPSA) is 55.4 Å². The molecule has 0 fully saturated rings. The first kappa shape index (κ1) is 15.8. The van der Waals surface area contributed by atoms with E-state index in [0.717, 1.165) is 0 Å². The Bertz CT molecular complexity index is 554. The fourth-order valence-electron chi connectivity index (χ4n) is 1.49. The van der Waals surface area contributed by atoms with Gasteiger partial charge in [0.15, 0.2) is 5.82 Å². The summed E-state index contributed by atoms with van der Waals surface area (Å²) in [6.07, 6.45) is 0.792. The minimum absolute atomic E-state index is 0.0222. The third-order valence-electron chi connectivity index (χ3n) is 2.99. The molecule has 0 aromatic heterocycles. The number of halogens is 2. The van der Waals surface area contributed by atoms with Crippen molar-refractivity contribution in [2.45, 2.75) is 26.7 Å². The molecule has 1 aromatic carbocycles. The molecule has 3 nitrogen and oxygen atoms in total. The van der Waals surface area contributed by atoms with Gasteiger partial charge in [-0.2, -0.15) is 4.99 Å². The van der Waals surface area contributed by atoms with Gasteiger partial charge in [-0.15, -0.1) is 0 Å². The number of carbonyl (C=O) groups excluding carboxylic acids is 1. The van der Waals surface area contributed by atoms with Crippen LogP contribution < -0.4 is 5.73 Å². The van der Waals surface area contributed by atoms with Gasteiger partial charge in [0.25, 0.3) is 0 Å². The van der Waals surface area contributed by atoms with E-state index in [4.69, 9.17) is 17.3 Å². The van der Waals surface area contributed by atoms with Gasteiger partial charge >= 0.3 is 0 Å². The molecule has 0 atom stereocenters. The highest BCUT2D eigenvalue weighted by Crippen LogP contribution is 2.32. The monoisotopic (exact) mass is 300 g/mol. The third kappa shape index (κ3) is 3.83. The van der Waals surface area contributed by atoms with Gasteiger partial charge in [-0.1, -0.05) is 31.5 Å². The van der Waals surface area contributed by atoms with Crippen molar-refractivity contribution in [2.24, 2.45) is 16.1 Å². The van der Waals surface area contributed by atoms with E-state index >= 15 is 0 Å². The largest absolute Gasteiger partial charge is 0.369 e. The van der Waals surface area contributed by atoms with Crippen LogP contribution in [-0.4, -0.2) is 11.1 Å². The normalized spacial score (nSPS) is 10.9. The highest BCUT2D eigenvalue weighted by molar-refractivity contribution is 7.78. The maximum atomic E-state index is 14.1. The summed E-state index contributed by atoms with van der Waals surface area (Å²) in [5.41, 5.74) is 4.98. The van der Waals surface area contributed by atoms with Crippen molar-refractivity contribution in [3.63, 3.8) is 0 Å². The molecule has 102 valence electrons. The zero-order valence-electron chi connectivity index (χ0n) is 10.7. The number of carbonyl (C=O) groups is 1. The van der Waals surface area contributed by atoms with Crippen LogP contribution in [0.3, 0.4) is 0 Å². The highest BCUT2D eigenvalue weighted by atomic mass is 35.5. The van der Waals surface area contributed by atoms with Crippen molar-refractivity contribution in [1.82, 2.24) is 0 Å². The minimum Gasteiger partial charge on any atom is -0.369 e. The number of benzene rings is 1. The molecule has 0 heterocycles. The van der Waals surface area contributed by atoms with Crippen molar-refractivity contribution in [3.05, 3.63) is 28.5 Å². The lowest BCUT2D eigenvalue weighted by Crippen LogP contribution is -2.31. The van der Waals surface area contributed by atoms with Gasteiger partial charge in [0.05, 0.1) is 10.2 Å². The number of nitrogens with two attached hydrogens (primary N) is 1. The zero-order valence-corrected chi connectivity index (χ0v) is 12.2. The van der Waals surface area contributed by atoms with Gasteiger partial charge in [-0.05, 0) is 36.7 Å². The van der Waals surface area contributed by atoms with E-state index in [0.29, 0.717) is 18.4 Å². The van der Waals surface area contributed by atoms with E-state index in [1.54, 1.807) is 26.0 Å². The standard InChI is InChI=1S/C13H14ClFN2OS/c1-13(2,12(16)18)6-5-8-3-4-9(14)11(10(8)15)17-7-19/h3-4H,5-6H2,1-2H3,(H2,16,18). The second-order valence-electron chi connectivity index (χ2n) is 4.82. The average molecular weight is 301 g/mol. The van der Waals surface area contributed by atoms with Crippen LogP contribution in [0.1, 0.15) is 25.8 Å². The molecular weight excluding hydrogens is 287 g/mol. The predicted molar refractivity (Wildman–Crippen MR) is 77.4 cm³/mol. The Balaban J connectivity index is 3.01. The maximum absolute atomic E-state index is 14.1. The first-order valence-corrected chi connectivity index (χ1v) is 6.43. The highest BCUT2D eigenvalue weighted by Gasteiger charge is 2.25. The van der Waals surface area contributed by atoms with Gasteiger partial charge in [0.2, 0.25) is 5.91 Å². The lowest BCUT2D eigenvalue weighted by molar-refractivity contribution is -0.126. The van der Waals surface area contributed by atoms with Crippen LogP contribution in [0.2, 0.25) is 5.02 Å². The van der Waals surface area contributed by atoms with Crippen molar-refractivity contribution in [1.29, 1.82) is 0 Å². The van der Waals surface area contributed by atoms with E-state index in [-0.39, 0.29) is 10.7 Å². The SMILES string of the molecule is CC(C)(CCc1ccc(Cl)c(N=C=S)c1F)C(N)=O. The molecule has 6 heteroatoms. The summed E-state index contributed by atoms with van der Waals surface area (Å²) < 4.78 is 14.1. The summed E-state index contributed by atoms with van der Waals surface area (Å²) in [5, 5.41) is 2.27.